The summed E-state index contributed by atoms with van der Waals surface area (Å²) in [4.78, 5) is 0. The van der Waals surface area contributed by atoms with Gasteiger partial charge in [0.15, 0.2) is 0 Å². The van der Waals surface area contributed by atoms with E-state index in [1.54, 1.807) is 24.4 Å². The van der Waals surface area contributed by atoms with Gasteiger partial charge in [-0.2, -0.15) is 0 Å². The van der Waals surface area contributed by atoms with Crippen molar-refractivity contribution in [2.45, 2.75) is 0 Å². The highest BCUT2D eigenvalue weighted by Gasteiger charge is 2.24. The summed E-state index contributed by atoms with van der Waals surface area (Å²) >= 11 is 0. The summed E-state index contributed by atoms with van der Waals surface area (Å²) in [6.45, 7) is 0. The molecule has 0 aromatic heterocycles. The van der Waals surface area contributed by atoms with E-state index >= 15 is 0 Å². The molecule has 2 rings (SSSR count). The van der Waals surface area contributed by atoms with Crippen LogP contribution in [0.3, 0.4) is 0 Å². The van der Waals surface area contributed by atoms with Crippen LogP contribution in [0.4, 0.5) is 0 Å². The van der Waals surface area contributed by atoms with Crippen LogP contribution < -0.4 is 10.9 Å². The number of oxime groups is 1. The van der Waals surface area contributed by atoms with Crippen LogP contribution in [-0.2, 0) is 4.76 Å². The van der Waals surface area contributed by atoms with E-state index in [9.17, 15) is 5.02 Å². The van der Waals surface area contributed by atoms with Crippen LogP contribution in [0.5, 0.6) is 0 Å². The lowest BCUT2D eigenvalue weighted by Crippen LogP contribution is -2.39. The maximum Gasteiger partial charge on any atom is 0.583 e. The fourth-order valence-corrected chi connectivity index (χ4v) is 1.13. The van der Waals surface area contributed by atoms with Crippen LogP contribution in [-0.4, -0.2) is 26.2 Å². The molecular weight excluding hydrogens is 152 g/mol. The van der Waals surface area contributed by atoms with E-state index in [0.29, 0.717) is 10.9 Å². The van der Waals surface area contributed by atoms with Crippen molar-refractivity contribution in [3.63, 3.8) is 0 Å². The van der Waals surface area contributed by atoms with Crippen LogP contribution in [0, 0.1) is 0 Å². The number of nitrogens with zero attached hydrogens (tertiary/aromatic N) is 1. The maximum atomic E-state index is 9.29. The Morgan fingerprint density at radius 2 is 2.33 bits per heavy atom. The molecule has 0 saturated carbocycles. The molecule has 0 spiro atoms. The van der Waals surface area contributed by atoms with E-state index < -0.39 is 7.12 Å². The molecule has 1 heterocycles. The Morgan fingerprint density at radius 3 is 3.17 bits per heavy atom. The number of fused-ring (bicyclic) bond motifs is 1. The number of hydrogen-bond acceptors (Lipinski definition) is 3. The lowest BCUT2D eigenvalue weighted by molar-refractivity contribution is 0.286. The Morgan fingerprint density at radius 1 is 1.50 bits per heavy atom. The summed E-state index contributed by atoms with van der Waals surface area (Å²) in [5, 5.41) is 12.8. The van der Waals surface area contributed by atoms with Crippen molar-refractivity contribution in [1.29, 1.82) is 0 Å². The van der Waals surface area contributed by atoms with Gasteiger partial charge >= 0.3 is 7.12 Å². The first-order valence-corrected chi connectivity index (χ1v) is 3.54. The lowest BCUT2D eigenvalue weighted by atomic mass is 9.74. The zero-order chi connectivity index (χ0) is 8.55. The summed E-state index contributed by atoms with van der Waals surface area (Å²) in [5.41, 5.74) is 2.10. The average Bonchev–Trinajstić information content (AvgIpc) is 2.07. The predicted molar refractivity (Wildman–Crippen MR) is 48.1 cm³/mol. The standard InChI is InChI=1S/C7H5B2NO2/c8-6-2-1-5-4-10-12-9(11)7(5)3-6/h1-4,11H. The van der Waals surface area contributed by atoms with Gasteiger partial charge in [-0.05, 0) is 5.56 Å². The average molecular weight is 157 g/mol. The second-order valence-corrected chi connectivity index (χ2v) is 2.58. The highest BCUT2D eigenvalue weighted by atomic mass is 16.6. The second kappa shape index (κ2) is 2.68. The van der Waals surface area contributed by atoms with Gasteiger partial charge in [-0.1, -0.05) is 23.7 Å². The highest BCUT2D eigenvalue weighted by Crippen LogP contribution is 1.99. The molecule has 0 aliphatic carbocycles. The zero-order valence-electron chi connectivity index (χ0n) is 6.27. The third-order valence-corrected chi connectivity index (χ3v) is 1.73. The van der Waals surface area contributed by atoms with E-state index in [1.165, 1.54) is 0 Å². The highest BCUT2D eigenvalue weighted by molar-refractivity contribution is 6.62. The van der Waals surface area contributed by atoms with Crippen LogP contribution in [0.25, 0.3) is 0 Å². The van der Waals surface area contributed by atoms with Gasteiger partial charge in [0, 0.05) is 5.46 Å². The molecule has 0 bridgehead atoms. The summed E-state index contributed by atoms with van der Waals surface area (Å²) in [5.74, 6) is 0. The van der Waals surface area contributed by atoms with Crippen LogP contribution in [0.15, 0.2) is 23.4 Å². The molecule has 0 saturated heterocycles. The topological polar surface area (TPSA) is 41.8 Å². The van der Waals surface area contributed by atoms with Crippen LogP contribution in [0.2, 0.25) is 0 Å². The van der Waals surface area contributed by atoms with Crippen molar-refractivity contribution in [2.75, 3.05) is 0 Å². The third kappa shape index (κ3) is 1.12. The Labute approximate surface area is 71.6 Å². The van der Waals surface area contributed by atoms with Gasteiger partial charge in [-0.15, -0.1) is 5.16 Å². The smallest absolute Gasteiger partial charge is 0.427 e. The van der Waals surface area contributed by atoms with Crippen molar-refractivity contribution in [2.24, 2.45) is 5.16 Å². The van der Waals surface area contributed by atoms with Gasteiger partial charge in [0.1, 0.15) is 7.85 Å². The van der Waals surface area contributed by atoms with Gasteiger partial charge in [-0.25, -0.2) is 0 Å². The van der Waals surface area contributed by atoms with Crippen molar-refractivity contribution in [1.82, 2.24) is 0 Å². The van der Waals surface area contributed by atoms with Crippen molar-refractivity contribution in [3.05, 3.63) is 23.8 Å². The molecule has 12 heavy (non-hydrogen) atoms. The number of benzene rings is 1. The van der Waals surface area contributed by atoms with Crippen LogP contribution >= 0.6 is 0 Å². The molecule has 0 fully saturated rings. The Balaban J connectivity index is 2.56. The maximum absolute atomic E-state index is 9.29. The van der Waals surface area contributed by atoms with Crippen molar-refractivity contribution < 1.29 is 9.78 Å². The SMILES string of the molecule is [B]c1ccc2c(c1)B(O)ON=C2. The minimum absolute atomic E-state index is 0.603. The monoisotopic (exact) mass is 157 g/mol. The van der Waals surface area contributed by atoms with Crippen LogP contribution in [0.1, 0.15) is 5.56 Å². The quantitative estimate of drug-likeness (QED) is 0.467. The molecule has 56 valence electrons. The summed E-state index contributed by atoms with van der Waals surface area (Å²) < 4.78 is 4.63. The van der Waals surface area contributed by atoms with E-state index in [-0.39, 0.29) is 0 Å². The lowest BCUT2D eigenvalue weighted by Gasteiger charge is -2.12. The normalized spacial score (nSPS) is 13.9. The van der Waals surface area contributed by atoms with E-state index in [0.717, 1.165) is 5.56 Å². The summed E-state index contributed by atoms with van der Waals surface area (Å²) in [6, 6.07) is 5.22. The first-order valence-electron chi connectivity index (χ1n) is 3.54. The molecule has 1 aromatic rings. The number of hydrogen-bond donors (Lipinski definition) is 1. The van der Waals surface area contributed by atoms with Gasteiger partial charge in [0.25, 0.3) is 0 Å². The summed E-state index contributed by atoms with van der Waals surface area (Å²) in [7, 11) is 4.54. The first kappa shape index (κ1) is 7.43. The zero-order valence-corrected chi connectivity index (χ0v) is 6.27. The molecule has 2 radical (unpaired) electrons. The molecule has 5 heteroatoms. The fraction of sp³-hybridized carbons (Fsp3) is 0. The molecule has 1 aromatic carbocycles. The molecule has 1 aliphatic heterocycles. The van der Waals surface area contributed by atoms with Gasteiger partial charge in [0.2, 0.25) is 0 Å². The van der Waals surface area contributed by atoms with E-state index in [2.05, 4.69) is 9.91 Å². The third-order valence-electron chi connectivity index (χ3n) is 1.73. The molecule has 0 unspecified atom stereocenters. The number of rotatable bonds is 0. The molecule has 1 N–H and O–H groups in total. The van der Waals surface area contributed by atoms with Crippen molar-refractivity contribution >= 4 is 32.1 Å². The largest absolute Gasteiger partial charge is 0.583 e. The minimum Gasteiger partial charge on any atom is -0.427 e. The molecule has 0 atom stereocenters. The van der Waals surface area contributed by atoms with E-state index in [1.807, 2.05) is 0 Å². The Bertz CT molecular complexity index is 340. The second-order valence-electron chi connectivity index (χ2n) is 2.58. The Kier molecular flexibility index (Phi) is 1.66. The molecular formula is C7H5B2NO2. The predicted octanol–water partition coefficient (Wildman–Crippen LogP) is -1.47. The molecule has 0 amide bonds. The van der Waals surface area contributed by atoms with E-state index in [4.69, 9.17) is 7.85 Å². The van der Waals surface area contributed by atoms with Gasteiger partial charge in [-0.3, -0.25) is 0 Å². The minimum atomic E-state index is -0.992. The summed E-state index contributed by atoms with van der Waals surface area (Å²) in [6.07, 6.45) is 1.54. The first-order chi connectivity index (χ1) is 5.77. The molecule has 3 nitrogen and oxygen atoms in total. The Hall–Kier alpha value is -1.22. The van der Waals surface area contributed by atoms with Crippen molar-refractivity contribution in [3.8, 4) is 0 Å². The molecule has 1 aliphatic rings. The van der Waals surface area contributed by atoms with Gasteiger partial charge < -0.3 is 9.78 Å². The fourth-order valence-electron chi connectivity index (χ4n) is 1.13. The van der Waals surface area contributed by atoms with Gasteiger partial charge in [0.05, 0.1) is 6.21 Å².